The number of benzene rings is 3. The number of nitrogens with zero attached hydrogens (tertiary/aromatic N) is 2. The number of nitrogens with one attached hydrogen (secondary N) is 1. The van der Waals surface area contributed by atoms with Crippen molar-refractivity contribution in [3.63, 3.8) is 0 Å². The lowest BCUT2D eigenvalue weighted by atomic mass is 9.74. The summed E-state index contributed by atoms with van der Waals surface area (Å²) in [5.74, 6) is -0.217. The van der Waals surface area contributed by atoms with E-state index in [-0.39, 0.29) is 23.8 Å². The fourth-order valence-corrected chi connectivity index (χ4v) is 6.22. The first kappa shape index (κ1) is 29.7. The smallest absolute Gasteiger partial charge is 0.349 e. The lowest BCUT2D eigenvalue weighted by Gasteiger charge is -2.32. The minimum absolute atomic E-state index is 0.0222. The van der Waals surface area contributed by atoms with Gasteiger partial charge in [0.2, 0.25) is 5.91 Å². The molecule has 3 aromatic carbocycles. The standard InChI is InChI=1S/C34H38F3N3O2/c1-24(26-17-19-28(20-18-26)34(35,36)37)38-32(41)31-12-6-5-11-30(31)27-15-13-25(14-16-27)23-40(29-9-3-2-4-10-29)33(42)39-21-7-8-22-39/h2-4,9-10,13-20,24,30-31H,5-8,11-12,21-23H2,1H3,(H,38,41)/t24?,30-,31+/m1/s1. The van der Waals surface area contributed by atoms with Gasteiger partial charge in [-0.2, -0.15) is 13.2 Å². The highest BCUT2D eigenvalue weighted by molar-refractivity contribution is 5.92. The van der Waals surface area contributed by atoms with Crippen LogP contribution in [0.15, 0.2) is 78.9 Å². The molecule has 3 amide bonds. The molecule has 1 saturated carbocycles. The molecule has 3 aromatic rings. The Labute approximate surface area is 245 Å². The van der Waals surface area contributed by atoms with Crippen molar-refractivity contribution in [2.45, 2.75) is 70.1 Å². The third-order valence-electron chi connectivity index (χ3n) is 8.62. The van der Waals surface area contributed by atoms with Crippen molar-refractivity contribution < 1.29 is 22.8 Å². The molecule has 1 saturated heterocycles. The Balaban J connectivity index is 1.27. The minimum Gasteiger partial charge on any atom is -0.349 e. The maximum absolute atomic E-state index is 13.4. The molecule has 0 aromatic heterocycles. The van der Waals surface area contributed by atoms with Crippen molar-refractivity contribution >= 4 is 17.6 Å². The molecule has 5 rings (SSSR count). The van der Waals surface area contributed by atoms with Gasteiger partial charge in [-0.05, 0) is 79.5 Å². The van der Waals surface area contributed by atoms with E-state index in [1.54, 1.807) is 6.92 Å². The SMILES string of the molecule is CC(NC(=O)[C@H]1CCCC[C@@H]1c1ccc(CN(C(=O)N2CCCC2)c2ccccc2)cc1)c1ccc(C(F)(F)F)cc1. The molecule has 1 heterocycles. The third kappa shape index (κ3) is 6.97. The van der Waals surface area contributed by atoms with E-state index in [0.29, 0.717) is 12.1 Å². The van der Waals surface area contributed by atoms with E-state index in [1.807, 2.05) is 40.1 Å². The Morgan fingerprint density at radius 1 is 0.881 bits per heavy atom. The fraction of sp³-hybridized carbons (Fsp3) is 0.412. The van der Waals surface area contributed by atoms with Crippen molar-refractivity contribution in [3.05, 3.63) is 101 Å². The molecule has 222 valence electrons. The second-order valence-corrected chi connectivity index (χ2v) is 11.5. The molecule has 1 aliphatic carbocycles. The van der Waals surface area contributed by atoms with E-state index in [2.05, 4.69) is 29.6 Å². The van der Waals surface area contributed by atoms with Crippen LogP contribution in [0.1, 0.15) is 79.7 Å². The number of halogens is 3. The lowest BCUT2D eigenvalue weighted by Crippen LogP contribution is -2.41. The van der Waals surface area contributed by atoms with Gasteiger partial charge < -0.3 is 10.2 Å². The van der Waals surface area contributed by atoms with Crippen LogP contribution in [0, 0.1) is 5.92 Å². The summed E-state index contributed by atoms with van der Waals surface area (Å²) in [6, 6.07) is 22.6. The van der Waals surface area contributed by atoms with E-state index in [0.717, 1.165) is 80.6 Å². The molecule has 3 atom stereocenters. The predicted molar refractivity (Wildman–Crippen MR) is 158 cm³/mol. The highest BCUT2D eigenvalue weighted by Gasteiger charge is 2.34. The number of carbonyl (C=O) groups is 2. The Hall–Kier alpha value is -3.81. The molecule has 0 radical (unpaired) electrons. The largest absolute Gasteiger partial charge is 0.416 e. The normalized spacial score (nSPS) is 19.8. The molecule has 0 spiro atoms. The van der Waals surface area contributed by atoms with Gasteiger partial charge >= 0.3 is 12.2 Å². The number of amides is 3. The van der Waals surface area contributed by atoms with Crippen LogP contribution >= 0.6 is 0 Å². The van der Waals surface area contributed by atoms with E-state index in [9.17, 15) is 22.8 Å². The monoisotopic (exact) mass is 577 g/mol. The summed E-state index contributed by atoms with van der Waals surface area (Å²) in [6.45, 7) is 3.82. The van der Waals surface area contributed by atoms with Crippen molar-refractivity contribution in [3.8, 4) is 0 Å². The summed E-state index contributed by atoms with van der Waals surface area (Å²) in [6.07, 6.45) is 1.34. The van der Waals surface area contributed by atoms with E-state index in [4.69, 9.17) is 0 Å². The Morgan fingerprint density at radius 2 is 1.52 bits per heavy atom. The Morgan fingerprint density at radius 3 is 2.17 bits per heavy atom. The first-order chi connectivity index (χ1) is 20.2. The van der Waals surface area contributed by atoms with Gasteiger partial charge in [-0.25, -0.2) is 4.79 Å². The second kappa shape index (κ2) is 13.0. The quantitative estimate of drug-likeness (QED) is 0.309. The molecule has 1 N–H and O–H groups in total. The van der Waals surface area contributed by atoms with Crippen LogP contribution in [-0.2, 0) is 17.5 Å². The van der Waals surface area contributed by atoms with Crippen molar-refractivity contribution in [1.82, 2.24) is 10.2 Å². The van der Waals surface area contributed by atoms with Crippen LogP contribution in [0.5, 0.6) is 0 Å². The number of hydrogen-bond donors (Lipinski definition) is 1. The van der Waals surface area contributed by atoms with Crippen LogP contribution < -0.4 is 10.2 Å². The van der Waals surface area contributed by atoms with E-state index < -0.39 is 17.8 Å². The first-order valence-corrected chi connectivity index (χ1v) is 14.9. The van der Waals surface area contributed by atoms with Gasteiger partial charge in [0.05, 0.1) is 18.2 Å². The first-order valence-electron chi connectivity index (χ1n) is 14.9. The lowest BCUT2D eigenvalue weighted by molar-refractivity contribution is -0.137. The Kier molecular flexibility index (Phi) is 9.19. The highest BCUT2D eigenvalue weighted by atomic mass is 19.4. The molecular weight excluding hydrogens is 539 g/mol. The zero-order chi connectivity index (χ0) is 29.7. The highest BCUT2D eigenvalue weighted by Crippen LogP contribution is 2.39. The summed E-state index contributed by atoms with van der Waals surface area (Å²) < 4.78 is 38.9. The average Bonchev–Trinajstić information content (AvgIpc) is 3.55. The molecule has 1 aliphatic heterocycles. The van der Waals surface area contributed by atoms with Crippen LogP contribution in [-0.4, -0.2) is 29.9 Å². The number of rotatable bonds is 7. The van der Waals surface area contributed by atoms with Crippen LogP contribution in [0.3, 0.4) is 0 Å². The number of carbonyl (C=O) groups excluding carboxylic acids is 2. The zero-order valence-corrected chi connectivity index (χ0v) is 23.9. The van der Waals surface area contributed by atoms with Crippen molar-refractivity contribution in [2.24, 2.45) is 5.92 Å². The number of urea groups is 1. The molecular formula is C34H38F3N3O2. The van der Waals surface area contributed by atoms with Gasteiger partial charge in [0, 0.05) is 24.7 Å². The number of likely N-dealkylation sites (tertiary alicyclic amines) is 1. The van der Waals surface area contributed by atoms with Gasteiger partial charge in [-0.15, -0.1) is 0 Å². The van der Waals surface area contributed by atoms with Crippen molar-refractivity contribution in [2.75, 3.05) is 18.0 Å². The molecule has 1 unspecified atom stereocenters. The third-order valence-corrected chi connectivity index (χ3v) is 8.62. The number of alkyl halides is 3. The van der Waals surface area contributed by atoms with Gasteiger partial charge in [0.25, 0.3) is 0 Å². The van der Waals surface area contributed by atoms with Crippen LogP contribution in [0.4, 0.5) is 23.7 Å². The second-order valence-electron chi connectivity index (χ2n) is 11.5. The molecule has 8 heteroatoms. The maximum atomic E-state index is 13.4. The van der Waals surface area contributed by atoms with Gasteiger partial charge in [-0.3, -0.25) is 9.69 Å². The van der Waals surface area contributed by atoms with E-state index >= 15 is 0 Å². The number of para-hydroxylation sites is 1. The van der Waals surface area contributed by atoms with Crippen LogP contribution in [0.2, 0.25) is 0 Å². The van der Waals surface area contributed by atoms with Gasteiger partial charge in [0.1, 0.15) is 0 Å². The fourth-order valence-electron chi connectivity index (χ4n) is 6.22. The summed E-state index contributed by atoms with van der Waals surface area (Å²) >= 11 is 0. The topological polar surface area (TPSA) is 52.7 Å². The maximum Gasteiger partial charge on any atom is 0.416 e. The molecule has 42 heavy (non-hydrogen) atoms. The van der Waals surface area contributed by atoms with Crippen LogP contribution in [0.25, 0.3) is 0 Å². The summed E-state index contributed by atoms with van der Waals surface area (Å²) in [7, 11) is 0. The summed E-state index contributed by atoms with van der Waals surface area (Å²) in [5, 5.41) is 3.05. The number of anilines is 1. The van der Waals surface area contributed by atoms with Crippen molar-refractivity contribution in [1.29, 1.82) is 0 Å². The minimum atomic E-state index is -4.39. The Bertz CT molecular complexity index is 1340. The molecule has 2 aliphatic rings. The predicted octanol–water partition coefficient (Wildman–Crippen LogP) is 8.08. The zero-order valence-electron chi connectivity index (χ0n) is 23.9. The molecule has 5 nitrogen and oxygen atoms in total. The van der Waals surface area contributed by atoms with E-state index in [1.165, 1.54) is 12.1 Å². The van der Waals surface area contributed by atoms with Gasteiger partial charge in [0.15, 0.2) is 0 Å². The molecule has 2 fully saturated rings. The average molecular weight is 578 g/mol. The number of hydrogen-bond acceptors (Lipinski definition) is 2. The summed E-state index contributed by atoms with van der Waals surface area (Å²) in [4.78, 5) is 30.6. The summed E-state index contributed by atoms with van der Waals surface area (Å²) in [5.41, 5.74) is 2.91. The van der Waals surface area contributed by atoms with Gasteiger partial charge in [-0.1, -0.05) is 67.4 Å². The molecule has 0 bridgehead atoms.